The maximum absolute atomic E-state index is 11.4. The third kappa shape index (κ3) is 2.08. The van der Waals surface area contributed by atoms with Crippen LogP contribution in [0.2, 0.25) is 0 Å². The molecule has 0 spiro atoms. The van der Waals surface area contributed by atoms with Gasteiger partial charge in [0, 0.05) is 13.1 Å². The number of carbonyl (C=O) groups is 1. The molecule has 0 aromatic heterocycles. The highest BCUT2D eigenvalue weighted by molar-refractivity contribution is 5.79. The molecule has 0 aromatic carbocycles. The fourth-order valence-electron chi connectivity index (χ4n) is 2.73. The molecule has 1 saturated heterocycles. The predicted molar refractivity (Wildman–Crippen MR) is 53.7 cm³/mol. The first-order valence-electron chi connectivity index (χ1n) is 5.61. The van der Waals surface area contributed by atoms with Gasteiger partial charge in [0.05, 0.1) is 12.5 Å². The summed E-state index contributed by atoms with van der Waals surface area (Å²) in [5.41, 5.74) is 0. The van der Waals surface area contributed by atoms with Crippen molar-refractivity contribution in [1.29, 1.82) is 0 Å². The molecule has 1 saturated carbocycles. The molecule has 80 valence electrons. The summed E-state index contributed by atoms with van der Waals surface area (Å²) in [6.45, 7) is 3.71. The Bertz CT molecular complexity index is 229. The lowest BCUT2D eigenvalue weighted by atomic mass is 10.1. The van der Waals surface area contributed by atoms with E-state index >= 15 is 0 Å². The van der Waals surface area contributed by atoms with Gasteiger partial charge in [-0.3, -0.25) is 4.79 Å². The largest absolute Gasteiger partial charge is 0.391 e. The van der Waals surface area contributed by atoms with Crippen LogP contribution in [0.4, 0.5) is 0 Å². The number of hydrogen-bond acceptors (Lipinski definition) is 2. The van der Waals surface area contributed by atoms with Gasteiger partial charge in [0.15, 0.2) is 0 Å². The fourth-order valence-corrected chi connectivity index (χ4v) is 2.73. The first-order valence-corrected chi connectivity index (χ1v) is 5.61. The van der Waals surface area contributed by atoms with E-state index < -0.39 is 6.10 Å². The second kappa shape index (κ2) is 3.89. The normalized spacial score (nSPS) is 38.3. The van der Waals surface area contributed by atoms with Gasteiger partial charge in [0.25, 0.3) is 0 Å². The molecular formula is C11H19NO2. The summed E-state index contributed by atoms with van der Waals surface area (Å²) in [6.07, 6.45) is 3.72. The minimum atomic E-state index is -0.415. The van der Waals surface area contributed by atoms with E-state index in [1.807, 2.05) is 4.90 Å². The predicted octanol–water partition coefficient (Wildman–Crippen LogP) is 1.02. The molecule has 2 fully saturated rings. The SMILES string of the molecule is CC1CCC(CN2CC(O)CC2=O)C1. The minimum absolute atomic E-state index is 0.136. The molecule has 0 aromatic rings. The second-order valence-corrected chi connectivity index (χ2v) is 4.94. The van der Waals surface area contributed by atoms with Crippen molar-refractivity contribution in [3.63, 3.8) is 0 Å². The van der Waals surface area contributed by atoms with Crippen molar-refractivity contribution in [3.05, 3.63) is 0 Å². The third-order valence-corrected chi connectivity index (χ3v) is 3.48. The van der Waals surface area contributed by atoms with Crippen molar-refractivity contribution in [2.24, 2.45) is 11.8 Å². The number of carbonyl (C=O) groups excluding carboxylic acids is 1. The molecule has 0 radical (unpaired) electrons. The van der Waals surface area contributed by atoms with Gasteiger partial charge in [-0.15, -0.1) is 0 Å². The van der Waals surface area contributed by atoms with E-state index in [0.717, 1.165) is 12.5 Å². The van der Waals surface area contributed by atoms with E-state index in [1.165, 1.54) is 19.3 Å². The molecule has 1 aliphatic carbocycles. The Balaban J connectivity index is 1.83. The van der Waals surface area contributed by atoms with Crippen molar-refractivity contribution >= 4 is 5.91 Å². The molecule has 3 unspecified atom stereocenters. The number of aliphatic hydroxyl groups excluding tert-OH is 1. The minimum Gasteiger partial charge on any atom is -0.391 e. The zero-order chi connectivity index (χ0) is 10.1. The molecule has 2 aliphatic rings. The van der Waals surface area contributed by atoms with Gasteiger partial charge in [-0.05, 0) is 24.7 Å². The van der Waals surface area contributed by atoms with Gasteiger partial charge < -0.3 is 10.0 Å². The highest BCUT2D eigenvalue weighted by Crippen LogP contribution is 2.31. The monoisotopic (exact) mass is 197 g/mol. The van der Waals surface area contributed by atoms with Crippen LogP contribution in [0.5, 0.6) is 0 Å². The lowest BCUT2D eigenvalue weighted by Gasteiger charge is -2.20. The molecule has 1 heterocycles. The van der Waals surface area contributed by atoms with Crippen molar-refractivity contribution in [3.8, 4) is 0 Å². The Morgan fingerprint density at radius 3 is 2.79 bits per heavy atom. The van der Waals surface area contributed by atoms with Gasteiger partial charge in [-0.25, -0.2) is 0 Å². The fraction of sp³-hybridized carbons (Fsp3) is 0.909. The summed E-state index contributed by atoms with van der Waals surface area (Å²) in [5.74, 6) is 1.64. The second-order valence-electron chi connectivity index (χ2n) is 4.94. The topological polar surface area (TPSA) is 40.5 Å². The van der Waals surface area contributed by atoms with Gasteiger partial charge in [0.2, 0.25) is 5.91 Å². The summed E-state index contributed by atoms with van der Waals surface area (Å²) in [6, 6.07) is 0. The van der Waals surface area contributed by atoms with Crippen LogP contribution in [0.3, 0.4) is 0 Å². The van der Waals surface area contributed by atoms with Gasteiger partial charge in [-0.1, -0.05) is 13.3 Å². The number of rotatable bonds is 2. The summed E-state index contributed by atoms with van der Waals surface area (Å²) in [5, 5.41) is 9.33. The first kappa shape index (κ1) is 9.97. The van der Waals surface area contributed by atoms with E-state index in [9.17, 15) is 9.90 Å². The van der Waals surface area contributed by atoms with Gasteiger partial charge >= 0.3 is 0 Å². The van der Waals surface area contributed by atoms with Crippen molar-refractivity contribution in [2.75, 3.05) is 13.1 Å². The van der Waals surface area contributed by atoms with Gasteiger partial charge in [0.1, 0.15) is 0 Å². The molecule has 0 bridgehead atoms. The molecule has 3 atom stereocenters. The standard InChI is InChI=1S/C11H19NO2/c1-8-2-3-9(4-8)6-12-7-10(13)5-11(12)14/h8-10,13H,2-7H2,1H3. The molecule has 1 amide bonds. The first-order chi connectivity index (χ1) is 6.65. The molecule has 3 nitrogen and oxygen atoms in total. The van der Waals surface area contributed by atoms with Gasteiger partial charge in [-0.2, -0.15) is 0 Å². The Morgan fingerprint density at radius 2 is 2.29 bits per heavy atom. The quantitative estimate of drug-likeness (QED) is 0.718. The summed E-state index contributed by atoms with van der Waals surface area (Å²) >= 11 is 0. The maximum atomic E-state index is 11.4. The van der Waals surface area contributed by atoms with E-state index in [1.54, 1.807) is 0 Å². The smallest absolute Gasteiger partial charge is 0.225 e. The number of aliphatic hydroxyl groups is 1. The van der Waals surface area contributed by atoms with Crippen molar-refractivity contribution in [2.45, 2.75) is 38.7 Å². The summed E-state index contributed by atoms with van der Waals surface area (Å²) < 4.78 is 0. The van der Waals surface area contributed by atoms with Crippen LogP contribution in [-0.2, 0) is 4.79 Å². The van der Waals surface area contributed by atoms with Crippen LogP contribution >= 0.6 is 0 Å². The molecule has 1 aliphatic heterocycles. The molecule has 14 heavy (non-hydrogen) atoms. The highest BCUT2D eigenvalue weighted by Gasteiger charge is 2.31. The Kier molecular flexibility index (Phi) is 2.77. The lowest BCUT2D eigenvalue weighted by Crippen LogP contribution is -2.30. The third-order valence-electron chi connectivity index (χ3n) is 3.48. The van der Waals surface area contributed by atoms with Crippen molar-refractivity contribution in [1.82, 2.24) is 4.90 Å². The maximum Gasteiger partial charge on any atom is 0.225 e. The van der Waals surface area contributed by atoms with Crippen LogP contribution in [0, 0.1) is 11.8 Å². The average Bonchev–Trinajstić information content (AvgIpc) is 2.61. The number of nitrogens with zero attached hydrogens (tertiary/aromatic N) is 1. The van der Waals surface area contributed by atoms with Crippen LogP contribution in [0.25, 0.3) is 0 Å². The highest BCUT2D eigenvalue weighted by atomic mass is 16.3. The molecule has 2 rings (SSSR count). The summed E-state index contributed by atoms with van der Waals surface area (Å²) in [4.78, 5) is 13.3. The van der Waals surface area contributed by atoms with Crippen LogP contribution in [-0.4, -0.2) is 35.1 Å². The van der Waals surface area contributed by atoms with E-state index in [2.05, 4.69) is 6.92 Å². The number of β-amino-alcohol motifs (C(OH)–C–C–N with tert-alkyl or cyclic N) is 1. The lowest BCUT2D eigenvalue weighted by molar-refractivity contribution is -0.128. The number of amides is 1. The van der Waals surface area contributed by atoms with Crippen LogP contribution in [0.1, 0.15) is 32.6 Å². The van der Waals surface area contributed by atoms with Crippen LogP contribution in [0.15, 0.2) is 0 Å². The number of hydrogen-bond donors (Lipinski definition) is 1. The molecular weight excluding hydrogens is 178 g/mol. The van der Waals surface area contributed by atoms with E-state index in [0.29, 0.717) is 18.9 Å². The zero-order valence-corrected chi connectivity index (χ0v) is 8.78. The summed E-state index contributed by atoms with van der Waals surface area (Å²) in [7, 11) is 0. The Labute approximate surface area is 85.1 Å². The van der Waals surface area contributed by atoms with E-state index in [-0.39, 0.29) is 5.91 Å². The average molecular weight is 197 g/mol. The molecule has 3 heteroatoms. The van der Waals surface area contributed by atoms with E-state index in [4.69, 9.17) is 0 Å². The van der Waals surface area contributed by atoms with Crippen molar-refractivity contribution < 1.29 is 9.90 Å². The Morgan fingerprint density at radius 1 is 1.50 bits per heavy atom. The molecule has 1 N–H and O–H groups in total. The van der Waals surface area contributed by atoms with Crippen LogP contribution < -0.4 is 0 Å². The Hall–Kier alpha value is -0.570. The zero-order valence-electron chi connectivity index (χ0n) is 8.78. The number of likely N-dealkylation sites (tertiary alicyclic amines) is 1.